The summed E-state index contributed by atoms with van der Waals surface area (Å²) in [6.45, 7) is 5.32. The van der Waals surface area contributed by atoms with E-state index in [2.05, 4.69) is 20.5 Å². The number of benzene rings is 1. The molecule has 0 bridgehead atoms. The number of ether oxygens (including phenoxy) is 3. The van der Waals surface area contributed by atoms with Gasteiger partial charge in [-0.15, -0.1) is 0 Å². The molecule has 162 valence electrons. The van der Waals surface area contributed by atoms with Crippen LogP contribution in [0, 0.1) is 0 Å². The average Bonchev–Trinajstić information content (AvgIpc) is 2.80. The smallest absolute Gasteiger partial charge is 0.191 e. The van der Waals surface area contributed by atoms with Crippen LogP contribution in [0.5, 0.6) is 11.5 Å². The third kappa shape index (κ3) is 5.54. The van der Waals surface area contributed by atoms with E-state index < -0.39 is 0 Å². The molecule has 2 N–H and O–H groups in total. The van der Waals surface area contributed by atoms with Gasteiger partial charge in [-0.1, -0.05) is 25.3 Å². The van der Waals surface area contributed by atoms with Crippen LogP contribution in [0.25, 0.3) is 0 Å². The predicted molar refractivity (Wildman–Crippen MR) is 116 cm³/mol. The minimum Gasteiger partial charge on any atom is -0.493 e. The zero-order valence-corrected chi connectivity index (χ0v) is 18.1. The Bertz CT molecular complexity index is 668. The average molecular weight is 405 g/mol. The fraction of sp³-hybridized carbons (Fsp3) is 0.682. The van der Waals surface area contributed by atoms with Gasteiger partial charge in [0.2, 0.25) is 0 Å². The van der Waals surface area contributed by atoms with E-state index >= 15 is 0 Å². The molecule has 7 nitrogen and oxygen atoms in total. The molecule has 3 rings (SSSR count). The molecule has 0 amide bonds. The van der Waals surface area contributed by atoms with Crippen LogP contribution < -0.4 is 20.1 Å². The fourth-order valence-corrected chi connectivity index (χ4v) is 4.50. The van der Waals surface area contributed by atoms with E-state index in [9.17, 15) is 0 Å². The van der Waals surface area contributed by atoms with Gasteiger partial charge in [-0.25, -0.2) is 0 Å². The molecule has 0 unspecified atom stereocenters. The monoisotopic (exact) mass is 404 g/mol. The largest absolute Gasteiger partial charge is 0.493 e. The number of aliphatic imine (C=N–C) groups is 1. The Morgan fingerprint density at radius 3 is 2.45 bits per heavy atom. The number of nitrogens with zero attached hydrogens (tertiary/aromatic N) is 2. The van der Waals surface area contributed by atoms with Crippen LogP contribution in [0.4, 0.5) is 0 Å². The quantitative estimate of drug-likeness (QED) is 0.537. The van der Waals surface area contributed by atoms with Crippen molar-refractivity contribution in [1.29, 1.82) is 0 Å². The Morgan fingerprint density at radius 1 is 1.07 bits per heavy atom. The van der Waals surface area contributed by atoms with Crippen LogP contribution >= 0.6 is 0 Å². The standard InChI is InChI=1S/C22H36N4O3/c1-23-21(24-16-18-7-8-19(27-2)20(15-18)28-3)25-17-22(9-5-4-6-10-22)26-11-13-29-14-12-26/h7-8,15H,4-6,9-14,16-17H2,1-3H3,(H2,23,24,25). The van der Waals surface area contributed by atoms with Crippen molar-refractivity contribution in [3.05, 3.63) is 23.8 Å². The second-order valence-electron chi connectivity index (χ2n) is 7.85. The van der Waals surface area contributed by atoms with Gasteiger partial charge >= 0.3 is 0 Å². The Balaban J connectivity index is 1.58. The SMILES string of the molecule is CN=C(NCc1ccc(OC)c(OC)c1)NCC1(N2CCOCC2)CCCCC1. The molecular formula is C22H36N4O3. The zero-order chi connectivity index (χ0) is 20.5. The highest BCUT2D eigenvalue weighted by atomic mass is 16.5. The number of rotatable bonds is 7. The molecule has 0 aromatic heterocycles. The number of morpholine rings is 1. The summed E-state index contributed by atoms with van der Waals surface area (Å²) in [6.07, 6.45) is 6.44. The van der Waals surface area contributed by atoms with E-state index in [1.807, 2.05) is 25.2 Å². The highest BCUT2D eigenvalue weighted by Crippen LogP contribution is 2.34. The summed E-state index contributed by atoms with van der Waals surface area (Å²) in [6, 6.07) is 5.97. The molecule has 1 aliphatic heterocycles. The van der Waals surface area contributed by atoms with Crippen molar-refractivity contribution in [3.8, 4) is 11.5 Å². The van der Waals surface area contributed by atoms with Gasteiger partial charge in [0.05, 0.1) is 27.4 Å². The molecule has 7 heteroatoms. The van der Waals surface area contributed by atoms with Crippen molar-refractivity contribution in [2.24, 2.45) is 4.99 Å². The van der Waals surface area contributed by atoms with E-state index in [0.29, 0.717) is 6.54 Å². The molecule has 1 saturated carbocycles. The molecule has 1 saturated heterocycles. The molecule has 29 heavy (non-hydrogen) atoms. The summed E-state index contributed by atoms with van der Waals surface area (Å²) in [7, 11) is 5.13. The Morgan fingerprint density at radius 2 is 1.79 bits per heavy atom. The lowest BCUT2D eigenvalue weighted by Gasteiger charge is -2.48. The first-order valence-corrected chi connectivity index (χ1v) is 10.7. The van der Waals surface area contributed by atoms with E-state index in [1.165, 1.54) is 32.1 Å². The van der Waals surface area contributed by atoms with E-state index in [1.54, 1.807) is 14.2 Å². The summed E-state index contributed by atoms with van der Waals surface area (Å²) in [5.74, 6) is 2.31. The Labute approximate surface area is 174 Å². The van der Waals surface area contributed by atoms with E-state index in [4.69, 9.17) is 14.2 Å². The minimum absolute atomic E-state index is 0.211. The maximum Gasteiger partial charge on any atom is 0.191 e. The van der Waals surface area contributed by atoms with Crippen molar-refractivity contribution in [1.82, 2.24) is 15.5 Å². The van der Waals surface area contributed by atoms with Gasteiger partial charge in [-0.2, -0.15) is 0 Å². The first kappa shape index (κ1) is 21.7. The molecule has 1 heterocycles. The summed E-state index contributed by atoms with van der Waals surface area (Å²) >= 11 is 0. The lowest BCUT2D eigenvalue weighted by Crippen LogP contribution is -2.60. The van der Waals surface area contributed by atoms with Crippen molar-refractivity contribution < 1.29 is 14.2 Å². The van der Waals surface area contributed by atoms with Crippen LogP contribution in [-0.2, 0) is 11.3 Å². The van der Waals surface area contributed by atoms with Crippen molar-refractivity contribution in [2.45, 2.75) is 44.2 Å². The van der Waals surface area contributed by atoms with Gasteiger partial charge in [0, 0.05) is 38.8 Å². The zero-order valence-electron chi connectivity index (χ0n) is 18.1. The maximum atomic E-state index is 5.59. The van der Waals surface area contributed by atoms with E-state index in [0.717, 1.165) is 55.9 Å². The first-order valence-electron chi connectivity index (χ1n) is 10.7. The molecule has 0 atom stereocenters. The number of methoxy groups -OCH3 is 2. The Kier molecular flexibility index (Phi) is 8.00. The molecule has 0 spiro atoms. The molecule has 0 radical (unpaired) electrons. The summed E-state index contributed by atoms with van der Waals surface area (Å²) in [5.41, 5.74) is 1.33. The van der Waals surface area contributed by atoms with Gasteiger partial charge in [0.15, 0.2) is 17.5 Å². The van der Waals surface area contributed by atoms with Crippen LogP contribution in [0.2, 0.25) is 0 Å². The topological polar surface area (TPSA) is 67.4 Å². The summed E-state index contributed by atoms with van der Waals surface area (Å²) in [4.78, 5) is 7.08. The van der Waals surface area contributed by atoms with Gasteiger partial charge in [0.1, 0.15) is 0 Å². The van der Waals surface area contributed by atoms with Crippen molar-refractivity contribution >= 4 is 5.96 Å². The van der Waals surface area contributed by atoms with Gasteiger partial charge in [0.25, 0.3) is 0 Å². The fourth-order valence-electron chi connectivity index (χ4n) is 4.50. The van der Waals surface area contributed by atoms with Gasteiger partial charge < -0.3 is 24.8 Å². The minimum atomic E-state index is 0.211. The highest BCUT2D eigenvalue weighted by Gasteiger charge is 2.38. The van der Waals surface area contributed by atoms with E-state index in [-0.39, 0.29) is 5.54 Å². The molecule has 1 aliphatic carbocycles. The Hall–Kier alpha value is -1.99. The molecular weight excluding hydrogens is 368 g/mol. The van der Waals surface area contributed by atoms with Gasteiger partial charge in [-0.3, -0.25) is 9.89 Å². The molecule has 1 aromatic rings. The van der Waals surface area contributed by atoms with Crippen LogP contribution in [0.3, 0.4) is 0 Å². The van der Waals surface area contributed by atoms with Crippen molar-refractivity contribution in [3.63, 3.8) is 0 Å². The molecule has 1 aromatic carbocycles. The van der Waals surface area contributed by atoms with Gasteiger partial charge in [-0.05, 0) is 30.5 Å². The third-order valence-corrected chi connectivity index (χ3v) is 6.18. The number of nitrogens with one attached hydrogen (secondary N) is 2. The lowest BCUT2D eigenvalue weighted by atomic mass is 9.80. The third-order valence-electron chi connectivity index (χ3n) is 6.18. The molecule has 2 aliphatic rings. The summed E-state index contributed by atoms with van der Waals surface area (Å²) < 4.78 is 16.3. The van der Waals surface area contributed by atoms with Crippen molar-refractivity contribution in [2.75, 3.05) is 54.1 Å². The first-order chi connectivity index (χ1) is 14.2. The van der Waals surface area contributed by atoms with Crippen LogP contribution in [-0.4, -0.2) is 70.5 Å². The predicted octanol–water partition coefficient (Wildman–Crippen LogP) is 2.40. The van der Waals surface area contributed by atoms with Crippen LogP contribution in [0.15, 0.2) is 23.2 Å². The second kappa shape index (κ2) is 10.7. The second-order valence-corrected chi connectivity index (χ2v) is 7.85. The highest BCUT2D eigenvalue weighted by molar-refractivity contribution is 5.79. The van der Waals surface area contributed by atoms with Crippen LogP contribution in [0.1, 0.15) is 37.7 Å². The number of hydrogen-bond donors (Lipinski definition) is 2. The number of hydrogen-bond acceptors (Lipinski definition) is 5. The maximum absolute atomic E-state index is 5.59. The summed E-state index contributed by atoms with van der Waals surface area (Å²) in [5, 5.41) is 7.03. The normalized spacial score (nSPS) is 20.2. The molecule has 2 fully saturated rings. The lowest BCUT2D eigenvalue weighted by molar-refractivity contribution is -0.0352. The number of guanidine groups is 1.